The Morgan fingerprint density at radius 1 is 1.04 bits per heavy atom. The molecular formula is C16H28ClN3O4S2. The predicted molar refractivity (Wildman–Crippen MR) is 105 cm³/mol. The molecule has 1 aromatic carbocycles. The van der Waals surface area contributed by atoms with Crippen molar-refractivity contribution >= 4 is 32.5 Å². The Morgan fingerprint density at radius 3 is 2.19 bits per heavy atom. The molecule has 1 saturated heterocycles. The van der Waals surface area contributed by atoms with Gasteiger partial charge in [0.2, 0.25) is 20.0 Å². The van der Waals surface area contributed by atoms with Crippen LogP contribution in [0.2, 0.25) is 0 Å². The molecule has 2 N–H and O–H groups in total. The Morgan fingerprint density at radius 2 is 1.62 bits per heavy atom. The molecule has 150 valence electrons. The number of likely N-dealkylation sites (N-methyl/N-ethyl adjacent to an activating group) is 1. The topological polar surface area (TPSA) is 95.6 Å². The SMILES string of the molecule is CNC(C)CNS(=O)(=O)c1cccc(S(=O)(=O)N2CCCCCC2)c1.Cl. The van der Waals surface area contributed by atoms with Gasteiger partial charge in [-0.2, -0.15) is 4.31 Å². The van der Waals surface area contributed by atoms with Gasteiger partial charge in [-0.1, -0.05) is 18.9 Å². The molecule has 0 aliphatic carbocycles. The summed E-state index contributed by atoms with van der Waals surface area (Å²) in [5.41, 5.74) is 0. The van der Waals surface area contributed by atoms with Crippen molar-refractivity contribution in [2.45, 2.75) is 48.4 Å². The van der Waals surface area contributed by atoms with Gasteiger partial charge in [0.25, 0.3) is 0 Å². The maximum atomic E-state index is 12.8. The molecule has 1 heterocycles. The molecule has 1 fully saturated rings. The Kier molecular flexibility index (Phi) is 8.98. The highest BCUT2D eigenvalue weighted by Crippen LogP contribution is 2.22. The molecule has 0 saturated carbocycles. The maximum absolute atomic E-state index is 12.8. The third-order valence-electron chi connectivity index (χ3n) is 4.39. The van der Waals surface area contributed by atoms with Gasteiger partial charge in [-0.05, 0) is 45.0 Å². The highest BCUT2D eigenvalue weighted by atomic mass is 35.5. The second-order valence-electron chi connectivity index (χ2n) is 6.33. The van der Waals surface area contributed by atoms with Crippen molar-refractivity contribution in [1.82, 2.24) is 14.3 Å². The average molecular weight is 426 g/mol. The lowest BCUT2D eigenvalue weighted by Gasteiger charge is -2.20. The summed E-state index contributed by atoms with van der Waals surface area (Å²) in [6.45, 7) is 3.04. The number of nitrogens with zero attached hydrogens (tertiary/aromatic N) is 1. The van der Waals surface area contributed by atoms with Crippen LogP contribution >= 0.6 is 12.4 Å². The molecule has 0 radical (unpaired) electrons. The van der Waals surface area contributed by atoms with Crippen LogP contribution in [0.3, 0.4) is 0 Å². The van der Waals surface area contributed by atoms with E-state index < -0.39 is 20.0 Å². The summed E-state index contributed by atoms with van der Waals surface area (Å²) in [5, 5.41) is 2.94. The van der Waals surface area contributed by atoms with E-state index in [0.29, 0.717) is 13.1 Å². The summed E-state index contributed by atoms with van der Waals surface area (Å²) in [6, 6.07) is 5.55. The quantitative estimate of drug-likeness (QED) is 0.691. The van der Waals surface area contributed by atoms with Crippen molar-refractivity contribution in [2.24, 2.45) is 0 Å². The van der Waals surface area contributed by atoms with Crippen molar-refractivity contribution in [3.63, 3.8) is 0 Å². The van der Waals surface area contributed by atoms with Gasteiger partial charge < -0.3 is 5.32 Å². The third-order valence-corrected chi connectivity index (χ3v) is 7.71. The monoisotopic (exact) mass is 425 g/mol. The van der Waals surface area contributed by atoms with E-state index in [1.165, 1.54) is 28.6 Å². The molecule has 0 amide bonds. The van der Waals surface area contributed by atoms with E-state index in [0.717, 1.165) is 25.7 Å². The first-order valence-electron chi connectivity index (χ1n) is 8.54. The van der Waals surface area contributed by atoms with Crippen molar-refractivity contribution in [3.05, 3.63) is 24.3 Å². The van der Waals surface area contributed by atoms with Crippen molar-refractivity contribution in [2.75, 3.05) is 26.7 Å². The van der Waals surface area contributed by atoms with Crippen LogP contribution in [0.4, 0.5) is 0 Å². The van der Waals surface area contributed by atoms with Crippen molar-refractivity contribution < 1.29 is 16.8 Å². The molecule has 26 heavy (non-hydrogen) atoms. The first kappa shape index (κ1) is 23.3. The van der Waals surface area contributed by atoms with Crippen LogP contribution in [-0.4, -0.2) is 53.9 Å². The summed E-state index contributed by atoms with van der Waals surface area (Å²) < 4.78 is 54.5. The summed E-state index contributed by atoms with van der Waals surface area (Å²) >= 11 is 0. The molecule has 0 spiro atoms. The van der Waals surface area contributed by atoms with Gasteiger partial charge in [0.1, 0.15) is 0 Å². The summed E-state index contributed by atoms with van der Waals surface area (Å²) in [4.78, 5) is -0.00867. The summed E-state index contributed by atoms with van der Waals surface area (Å²) in [5.74, 6) is 0. The Balaban J connectivity index is 0.00000338. The minimum Gasteiger partial charge on any atom is -0.316 e. The molecule has 2 rings (SSSR count). The van der Waals surface area contributed by atoms with Gasteiger partial charge in [0.05, 0.1) is 9.79 Å². The minimum atomic E-state index is -3.76. The number of halogens is 1. The summed E-state index contributed by atoms with van der Waals surface area (Å²) in [6.07, 6.45) is 3.71. The largest absolute Gasteiger partial charge is 0.316 e. The number of rotatable bonds is 7. The van der Waals surface area contributed by atoms with E-state index in [9.17, 15) is 16.8 Å². The molecule has 7 nitrogen and oxygen atoms in total. The maximum Gasteiger partial charge on any atom is 0.243 e. The molecular weight excluding hydrogens is 398 g/mol. The van der Waals surface area contributed by atoms with Crippen LogP contribution in [0.25, 0.3) is 0 Å². The van der Waals surface area contributed by atoms with Crippen LogP contribution in [-0.2, 0) is 20.0 Å². The van der Waals surface area contributed by atoms with Gasteiger partial charge >= 0.3 is 0 Å². The third kappa shape index (κ3) is 5.90. The minimum absolute atomic E-state index is 0. The van der Waals surface area contributed by atoms with Crippen LogP contribution in [0, 0.1) is 0 Å². The predicted octanol–water partition coefficient (Wildman–Crippen LogP) is 1.56. The Bertz CT molecular complexity index is 776. The van der Waals surface area contributed by atoms with E-state index in [4.69, 9.17) is 0 Å². The van der Waals surface area contributed by atoms with E-state index in [1.54, 1.807) is 7.05 Å². The second-order valence-corrected chi connectivity index (χ2v) is 10.0. The fourth-order valence-corrected chi connectivity index (χ4v) is 5.47. The standard InChI is InChI=1S/C16H27N3O4S2.ClH/c1-14(17-2)13-18-24(20,21)15-8-7-9-16(12-15)25(22,23)19-10-5-3-4-6-11-19;/h7-9,12,14,17-18H,3-6,10-11,13H2,1-2H3;1H. The fourth-order valence-electron chi connectivity index (χ4n) is 2.65. The highest BCUT2D eigenvalue weighted by molar-refractivity contribution is 7.90. The second kappa shape index (κ2) is 10.0. The van der Waals surface area contributed by atoms with Crippen LogP contribution < -0.4 is 10.0 Å². The average Bonchev–Trinajstić information content (AvgIpc) is 2.89. The lowest BCUT2D eigenvalue weighted by molar-refractivity contribution is 0.423. The number of hydrogen-bond donors (Lipinski definition) is 2. The molecule has 1 aromatic rings. The van der Waals surface area contributed by atoms with Gasteiger partial charge in [-0.15, -0.1) is 12.4 Å². The van der Waals surface area contributed by atoms with Crippen molar-refractivity contribution in [3.8, 4) is 0 Å². The summed E-state index contributed by atoms with van der Waals surface area (Å²) in [7, 11) is -5.69. The Hall–Kier alpha value is -0.710. The van der Waals surface area contributed by atoms with E-state index in [-0.39, 0.29) is 34.8 Å². The zero-order valence-electron chi connectivity index (χ0n) is 15.1. The molecule has 1 aliphatic heterocycles. The van der Waals surface area contributed by atoms with Crippen LogP contribution in [0.1, 0.15) is 32.6 Å². The van der Waals surface area contributed by atoms with Crippen molar-refractivity contribution in [1.29, 1.82) is 0 Å². The zero-order valence-corrected chi connectivity index (χ0v) is 17.6. The van der Waals surface area contributed by atoms with Gasteiger partial charge in [0, 0.05) is 25.7 Å². The van der Waals surface area contributed by atoms with Gasteiger partial charge in [-0.25, -0.2) is 21.6 Å². The first-order valence-corrected chi connectivity index (χ1v) is 11.5. The van der Waals surface area contributed by atoms with E-state index in [2.05, 4.69) is 10.0 Å². The van der Waals surface area contributed by atoms with Crippen LogP contribution in [0.15, 0.2) is 34.1 Å². The molecule has 0 aromatic heterocycles. The molecule has 1 unspecified atom stereocenters. The number of hydrogen-bond acceptors (Lipinski definition) is 5. The molecule has 0 bridgehead atoms. The normalized spacial score (nSPS) is 17.9. The van der Waals surface area contributed by atoms with Gasteiger partial charge in [0.15, 0.2) is 0 Å². The molecule has 1 aliphatic rings. The Labute approximate surface area is 163 Å². The van der Waals surface area contributed by atoms with Crippen LogP contribution in [0.5, 0.6) is 0 Å². The number of benzene rings is 1. The van der Waals surface area contributed by atoms with Gasteiger partial charge in [-0.3, -0.25) is 0 Å². The highest BCUT2D eigenvalue weighted by Gasteiger charge is 2.26. The zero-order chi connectivity index (χ0) is 18.5. The number of sulfonamides is 2. The van der Waals surface area contributed by atoms with E-state index in [1.807, 2.05) is 6.92 Å². The molecule has 1 atom stereocenters. The first-order chi connectivity index (χ1) is 11.8. The smallest absolute Gasteiger partial charge is 0.243 e. The van der Waals surface area contributed by atoms with E-state index >= 15 is 0 Å². The fraction of sp³-hybridized carbons (Fsp3) is 0.625. The lowest BCUT2D eigenvalue weighted by atomic mass is 10.2. The number of nitrogens with one attached hydrogen (secondary N) is 2. The molecule has 10 heteroatoms. The lowest BCUT2D eigenvalue weighted by Crippen LogP contribution is -2.37.